The number of carbonyl (C=O) groups excluding carboxylic acids is 1. The van der Waals surface area contributed by atoms with Crippen LogP contribution in [0.4, 0.5) is 5.00 Å². The first-order valence-corrected chi connectivity index (χ1v) is 8.79. The second-order valence-electron chi connectivity index (χ2n) is 5.66. The van der Waals surface area contributed by atoms with Crippen molar-refractivity contribution in [1.29, 1.82) is 5.26 Å². The zero-order valence-electron chi connectivity index (χ0n) is 14.6. The van der Waals surface area contributed by atoms with Crippen molar-refractivity contribution in [1.82, 2.24) is 5.43 Å². The number of nitrogens with two attached hydrogens (primary N) is 1. The van der Waals surface area contributed by atoms with Crippen LogP contribution in [-0.4, -0.2) is 23.2 Å². The van der Waals surface area contributed by atoms with E-state index < -0.39 is 11.9 Å². The highest BCUT2D eigenvalue weighted by molar-refractivity contribution is 7.18. The molecule has 0 radical (unpaired) electrons. The number of thiophene rings is 1. The Labute approximate surface area is 163 Å². The van der Waals surface area contributed by atoms with Crippen LogP contribution in [0.1, 0.15) is 36.9 Å². The predicted molar refractivity (Wildman–Crippen MR) is 104 cm³/mol. The van der Waals surface area contributed by atoms with E-state index in [0.717, 1.165) is 11.3 Å². The summed E-state index contributed by atoms with van der Waals surface area (Å²) in [6, 6.07) is 11.7. The number of nitrogen functional groups attached to an aromatic ring is 1. The van der Waals surface area contributed by atoms with Gasteiger partial charge in [0.25, 0.3) is 5.91 Å². The van der Waals surface area contributed by atoms with Gasteiger partial charge in [-0.05, 0) is 30.7 Å². The van der Waals surface area contributed by atoms with Gasteiger partial charge in [-0.1, -0.05) is 18.2 Å². The number of furan rings is 1. The number of carboxylic acid groups (broad SMARTS) is 1. The summed E-state index contributed by atoms with van der Waals surface area (Å²) >= 11 is 1.02. The Morgan fingerprint density at radius 3 is 2.75 bits per heavy atom. The van der Waals surface area contributed by atoms with E-state index in [1.165, 1.54) is 12.3 Å². The van der Waals surface area contributed by atoms with E-state index in [9.17, 15) is 14.7 Å². The molecule has 3 rings (SSSR count). The zero-order chi connectivity index (χ0) is 20.3. The van der Waals surface area contributed by atoms with E-state index in [-0.39, 0.29) is 16.1 Å². The summed E-state index contributed by atoms with van der Waals surface area (Å²) in [5.74, 6) is -0.853. The normalized spacial score (nSPS) is 10.7. The minimum atomic E-state index is -1.06. The first-order chi connectivity index (χ1) is 13.4. The maximum absolute atomic E-state index is 12.2. The molecule has 0 aliphatic carbocycles. The number of nitrogens with zero attached hydrogens (tertiary/aromatic N) is 2. The van der Waals surface area contributed by atoms with Crippen LogP contribution < -0.4 is 11.2 Å². The number of carboxylic acids is 1. The number of benzene rings is 1. The quantitative estimate of drug-likeness (QED) is 0.448. The minimum absolute atomic E-state index is 0.118. The molecule has 0 atom stereocenters. The van der Waals surface area contributed by atoms with Crippen LogP contribution in [0.15, 0.2) is 45.9 Å². The lowest BCUT2D eigenvalue weighted by molar-refractivity contribution is 0.0697. The smallest absolute Gasteiger partial charge is 0.336 e. The van der Waals surface area contributed by atoms with Crippen molar-refractivity contribution in [2.24, 2.45) is 5.10 Å². The van der Waals surface area contributed by atoms with Gasteiger partial charge < -0.3 is 15.3 Å². The molecule has 2 heterocycles. The Morgan fingerprint density at radius 1 is 1.32 bits per heavy atom. The van der Waals surface area contributed by atoms with Gasteiger partial charge in [0.05, 0.1) is 17.3 Å². The van der Waals surface area contributed by atoms with Crippen LogP contribution in [0, 0.1) is 18.3 Å². The zero-order valence-corrected chi connectivity index (χ0v) is 15.4. The summed E-state index contributed by atoms with van der Waals surface area (Å²) in [4.78, 5) is 23.8. The fourth-order valence-electron chi connectivity index (χ4n) is 2.55. The number of anilines is 1. The molecule has 0 saturated heterocycles. The molecule has 3 aromatic rings. The fraction of sp³-hybridized carbons (Fsp3) is 0.0526. The standard InChI is InChI=1S/C19H14N4O4S/c1-10-14(8-20)17(21)28-16(10)18(24)23-22-9-11-6-7-15(27-11)12-4-2-3-5-13(12)19(25)26/h2-7,9H,21H2,1H3,(H,23,24)(H,25,26). The Kier molecular flexibility index (Phi) is 5.24. The molecule has 4 N–H and O–H groups in total. The third-order valence-corrected chi connectivity index (χ3v) is 5.02. The highest BCUT2D eigenvalue weighted by Crippen LogP contribution is 2.29. The van der Waals surface area contributed by atoms with Crippen molar-refractivity contribution in [3.05, 3.63) is 63.7 Å². The van der Waals surface area contributed by atoms with Crippen molar-refractivity contribution in [2.45, 2.75) is 6.92 Å². The van der Waals surface area contributed by atoms with Crippen LogP contribution in [-0.2, 0) is 0 Å². The molecule has 2 aromatic heterocycles. The van der Waals surface area contributed by atoms with Gasteiger partial charge in [0.2, 0.25) is 0 Å². The molecular weight excluding hydrogens is 380 g/mol. The van der Waals surface area contributed by atoms with Gasteiger partial charge in [0.1, 0.15) is 27.5 Å². The molecule has 28 heavy (non-hydrogen) atoms. The predicted octanol–water partition coefficient (Wildman–Crippen LogP) is 3.23. The van der Waals surface area contributed by atoms with Crippen LogP contribution in [0.25, 0.3) is 11.3 Å². The first-order valence-electron chi connectivity index (χ1n) is 7.97. The van der Waals surface area contributed by atoms with Crippen LogP contribution in [0.3, 0.4) is 0 Å². The number of aromatic carboxylic acids is 1. The number of hydrogen-bond donors (Lipinski definition) is 3. The molecule has 0 saturated carbocycles. The summed E-state index contributed by atoms with van der Waals surface area (Å²) in [7, 11) is 0. The Balaban J connectivity index is 1.74. The average molecular weight is 394 g/mol. The van der Waals surface area contributed by atoms with Gasteiger partial charge in [0, 0.05) is 5.56 Å². The lowest BCUT2D eigenvalue weighted by atomic mass is 10.1. The molecular formula is C19H14N4O4S. The van der Waals surface area contributed by atoms with Crippen molar-refractivity contribution in [2.75, 3.05) is 5.73 Å². The number of hydrazone groups is 1. The number of carbonyl (C=O) groups is 2. The molecule has 1 aromatic carbocycles. The summed E-state index contributed by atoms with van der Waals surface area (Å²) in [6.07, 6.45) is 1.29. The second-order valence-corrected chi connectivity index (χ2v) is 6.71. The minimum Gasteiger partial charge on any atom is -0.478 e. The number of hydrogen-bond acceptors (Lipinski definition) is 7. The average Bonchev–Trinajstić information content (AvgIpc) is 3.25. The molecule has 140 valence electrons. The largest absolute Gasteiger partial charge is 0.478 e. The number of rotatable bonds is 5. The van der Waals surface area contributed by atoms with Gasteiger partial charge in [-0.15, -0.1) is 11.3 Å². The molecule has 0 unspecified atom stereocenters. The number of amides is 1. The Morgan fingerprint density at radius 2 is 2.07 bits per heavy atom. The van der Waals surface area contributed by atoms with Crippen LogP contribution >= 0.6 is 11.3 Å². The lowest BCUT2D eigenvalue weighted by Gasteiger charge is -2.01. The molecule has 9 heteroatoms. The van der Waals surface area contributed by atoms with Crippen molar-refractivity contribution in [3.63, 3.8) is 0 Å². The lowest BCUT2D eigenvalue weighted by Crippen LogP contribution is -2.17. The summed E-state index contributed by atoms with van der Waals surface area (Å²) < 4.78 is 5.59. The van der Waals surface area contributed by atoms with Crippen molar-refractivity contribution >= 4 is 34.4 Å². The second kappa shape index (κ2) is 7.77. The molecule has 0 aliphatic rings. The SMILES string of the molecule is Cc1c(C(=O)NN=Cc2ccc(-c3ccccc3C(=O)O)o2)sc(N)c1C#N. The molecule has 0 fully saturated rings. The molecule has 0 aliphatic heterocycles. The molecule has 1 amide bonds. The summed E-state index contributed by atoms with van der Waals surface area (Å²) in [6.45, 7) is 1.64. The van der Waals surface area contributed by atoms with Gasteiger partial charge in [-0.25, -0.2) is 10.2 Å². The first kappa shape index (κ1) is 18.9. The van der Waals surface area contributed by atoms with Gasteiger partial charge in [-0.3, -0.25) is 4.79 Å². The van der Waals surface area contributed by atoms with Crippen molar-refractivity contribution in [3.8, 4) is 17.4 Å². The Hall–Kier alpha value is -3.90. The van der Waals surface area contributed by atoms with Crippen LogP contribution in [0.5, 0.6) is 0 Å². The third-order valence-electron chi connectivity index (χ3n) is 3.90. The monoisotopic (exact) mass is 394 g/mol. The highest BCUT2D eigenvalue weighted by atomic mass is 32.1. The van der Waals surface area contributed by atoms with Crippen LogP contribution in [0.2, 0.25) is 0 Å². The summed E-state index contributed by atoms with van der Waals surface area (Å²) in [5, 5.41) is 22.4. The van der Waals surface area contributed by atoms with Gasteiger partial charge in [-0.2, -0.15) is 10.4 Å². The van der Waals surface area contributed by atoms with E-state index in [2.05, 4.69) is 10.5 Å². The summed E-state index contributed by atoms with van der Waals surface area (Å²) in [5.41, 5.74) is 9.42. The maximum Gasteiger partial charge on any atom is 0.336 e. The maximum atomic E-state index is 12.2. The molecule has 0 spiro atoms. The molecule has 0 bridgehead atoms. The van der Waals surface area contributed by atoms with E-state index in [4.69, 9.17) is 15.4 Å². The van der Waals surface area contributed by atoms with E-state index in [0.29, 0.717) is 27.5 Å². The van der Waals surface area contributed by atoms with E-state index in [1.54, 1.807) is 37.3 Å². The fourth-order valence-corrected chi connectivity index (χ4v) is 3.46. The third kappa shape index (κ3) is 3.62. The Bertz CT molecular complexity index is 1140. The van der Waals surface area contributed by atoms with Gasteiger partial charge in [0.15, 0.2) is 0 Å². The topological polar surface area (TPSA) is 142 Å². The van der Waals surface area contributed by atoms with Crippen molar-refractivity contribution < 1.29 is 19.1 Å². The van der Waals surface area contributed by atoms with Gasteiger partial charge >= 0.3 is 5.97 Å². The van der Waals surface area contributed by atoms with E-state index >= 15 is 0 Å². The molecule has 8 nitrogen and oxygen atoms in total. The number of nitrogens with one attached hydrogen (secondary N) is 1. The van der Waals surface area contributed by atoms with E-state index in [1.807, 2.05) is 6.07 Å². The number of nitriles is 1. The highest BCUT2D eigenvalue weighted by Gasteiger charge is 2.18.